The maximum atomic E-state index is 14.2. The van der Waals surface area contributed by atoms with Gasteiger partial charge in [-0.05, 0) is 91.1 Å². The number of halogens is 2. The molecule has 1 aliphatic carbocycles. The molecule has 0 radical (unpaired) electrons. The van der Waals surface area contributed by atoms with Crippen molar-refractivity contribution < 1.29 is 32.6 Å². The third-order valence-electron chi connectivity index (χ3n) is 9.32. The summed E-state index contributed by atoms with van der Waals surface area (Å²) in [6, 6.07) is 11.1. The molecule has 7 rings (SSSR count). The zero-order valence-corrected chi connectivity index (χ0v) is 29.9. The van der Waals surface area contributed by atoms with E-state index < -0.39 is 41.3 Å². The van der Waals surface area contributed by atoms with Crippen molar-refractivity contribution in [2.75, 3.05) is 28.2 Å². The molecule has 1 spiro atoms. The number of hydrogen-bond acceptors (Lipinski definition) is 10. The van der Waals surface area contributed by atoms with Crippen LogP contribution in [0.1, 0.15) is 82.6 Å². The SMILES string of the molecule is Cc1ccc2c(c1)[C@]1(C[C@H]1c1ccc3c(Nc4nc(N5CCC(F)(F)C5)ncc4C)nn(C(=O)OC(C)(C)C)c3c1)C(=O)N2C(=O)OC(C)(C)C. The normalized spacial score (nSPS) is 21.0. The number of carbonyl (C=O) groups excluding carboxylic acids is 3. The summed E-state index contributed by atoms with van der Waals surface area (Å²) in [5, 5.41) is 8.36. The molecule has 3 aliphatic rings. The Morgan fingerprint density at radius 2 is 1.67 bits per heavy atom. The lowest BCUT2D eigenvalue weighted by Gasteiger charge is -2.24. The van der Waals surface area contributed by atoms with Gasteiger partial charge < -0.3 is 19.7 Å². The number of imide groups is 1. The van der Waals surface area contributed by atoms with Gasteiger partial charge in [0.15, 0.2) is 5.82 Å². The molecule has 1 saturated heterocycles. The van der Waals surface area contributed by atoms with Crippen LogP contribution < -0.4 is 15.1 Å². The fourth-order valence-corrected chi connectivity index (χ4v) is 6.93. The van der Waals surface area contributed by atoms with Crippen LogP contribution in [0.5, 0.6) is 0 Å². The highest BCUT2D eigenvalue weighted by Crippen LogP contribution is 2.66. The summed E-state index contributed by atoms with van der Waals surface area (Å²) < 4.78 is 40.5. The highest BCUT2D eigenvalue weighted by atomic mass is 19.3. The van der Waals surface area contributed by atoms with Gasteiger partial charge in [-0.3, -0.25) is 4.79 Å². The highest BCUT2D eigenvalue weighted by molar-refractivity contribution is 6.23. The lowest BCUT2D eigenvalue weighted by Crippen LogP contribution is -2.41. The van der Waals surface area contributed by atoms with Crippen LogP contribution in [0, 0.1) is 13.8 Å². The summed E-state index contributed by atoms with van der Waals surface area (Å²) in [5.74, 6) is -2.67. The fraction of sp³-hybridized carbons (Fsp3) is 0.459. The number of benzene rings is 2. The predicted molar refractivity (Wildman–Crippen MR) is 187 cm³/mol. The molecule has 2 aliphatic heterocycles. The van der Waals surface area contributed by atoms with E-state index in [0.717, 1.165) is 21.6 Å². The van der Waals surface area contributed by atoms with Crippen LogP contribution in [0.3, 0.4) is 0 Å². The number of amides is 2. The van der Waals surface area contributed by atoms with Crippen molar-refractivity contribution in [3.8, 4) is 0 Å². The maximum Gasteiger partial charge on any atom is 0.435 e. The first kappa shape index (κ1) is 34.3. The molecule has 2 aromatic carbocycles. The van der Waals surface area contributed by atoms with Gasteiger partial charge in [0, 0.05) is 36.0 Å². The smallest absolute Gasteiger partial charge is 0.435 e. The average molecular weight is 702 g/mol. The van der Waals surface area contributed by atoms with Crippen LogP contribution in [0.25, 0.3) is 10.9 Å². The van der Waals surface area contributed by atoms with E-state index in [0.29, 0.717) is 40.2 Å². The van der Waals surface area contributed by atoms with E-state index in [1.165, 1.54) is 9.58 Å². The molecule has 4 aromatic rings. The van der Waals surface area contributed by atoms with Crippen molar-refractivity contribution >= 4 is 52.3 Å². The number of alkyl halides is 2. The molecule has 1 saturated carbocycles. The van der Waals surface area contributed by atoms with Gasteiger partial charge >= 0.3 is 12.2 Å². The topological polar surface area (TPSA) is 132 Å². The first-order valence-corrected chi connectivity index (χ1v) is 16.9. The molecule has 1 N–H and O–H groups in total. The van der Waals surface area contributed by atoms with Crippen molar-refractivity contribution in [2.45, 2.75) is 96.7 Å². The average Bonchev–Trinajstić information content (AvgIpc) is 3.42. The lowest BCUT2D eigenvalue weighted by atomic mass is 9.91. The molecule has 268 valence electrons. The summed E-state index contributed by atoms with van der Waals surface area (Å²) in [5.41, 5.74) is 1.47. The highest BCUT2D eigenvalue weighted by Gasteiger charge is 2.68. The molecule has 2 fully saturated rings. The molecule has 0 unspecified atom stereocenters. The minimum Gasteiger partial charge on any atom is -0.443 e. The molecular formula is C37H41F2N7O5. The Morgan fingerprint density at radius 1 is 0.961 bits per heavy atom. The van der Waals surface area contributed by atoms with Crippen LogP contribution in [0.4, 0.5) is 41.6 Å². The van der Waals surface area contributed by atoms with E-state index in [-0.39, 0.29) is 30.7 Å². The predicted octanol–water partition coefficient (Wildman–Crippen LogP) is 7.52. The largest absolute Gasteiger partial charge is 0.443 e. The molecule has 12 nitrogen and oxygen atoms in total. The molecule has 51 heavy (non-hydrogen) atoms. The van der Waals surface area contributed by atoms with Gasteiger partial charge in [-0.25, -0.2) is 28.3 Å². The standard InChI is InChI=1S/C37H41F2N7O5/c1-20-9-12-26-24(15-20)37(30(47)45(26)32(48)50-34(3,4)5)17-25(37)22-10-11-23-27(16-22)46(33(49)51-35(6,7)8)43-29(23)41-28-21(2)18-40-31(42-28)44-14-13-36(38,39)19-44/h9-12,15-16,18,25H,13-14,17,19H2,1-8H3,(H,40,41,42,43)/t25-,37-/m0/s1. The summed E-state index contributed by atoms with van der Waals surface area (Å²) in [6.45, 7) is 13.9. The minimum atomic E-state index is -2.82. The van der Waals surface area contributed by atoms with Gasteiger partial charge in [-0.2, -0.15) is 9.67 Å². The third kappa shape index (κ3) is 6.14. The third-order valence-corrected chi connectivity index (χ3v) is 9.32. The van der Waals surface area contributed by atoms with Gasteiger partial charge in [0.2, 0.25) is 11.9 Å². The van der Waals surface area contributed by atoms with Crippen LogP contribution in [0.15, 0.2) is 42.6 Å². The van der Waals surface area contributed by atoms with Crippen molar-refractivity contribution in [1.82, 2.24) is 19.7 Å². The second-order valence-corrected chi connectivity index (χ2v) is 15.7. The van der Waals surface area contributed by atoms with E-state index in [9.17, 15) is 23.2 Å². The van der Waals surface area contributed by atoms with Crippen LogP contribution >= 0.6 is 0 Å². The van der Waals surface area contributed by atoms with Crippen LogP contribution in [0.2, 0.25) is 0 Å². The first-order chi connectivity index (χ1) is 23.8. The van der Waals surface area contributed by atoms with Gasteiger partial charge in [0.25, 0.3) is 5.92 Å². The number of carbonyl (C=O) groups is 3. The monoisotopic (exact) mass is 701 g/mol. The fourth-order valence-electron chi connectivity index (χ4n) is 6.93. The number of hydrogen-bond donors (Lipinski definition) is 1. The molecule has 0 bridgehead atoms. The zero-order valence-electron chi connectivity index (χ0n) is 29.9. The zero-order chi connectivity index (χ0) is 36.8. The van der Waals surface area contributed by atoms with Crippen molar-refractivity contribution in [3.63, 3.8) is 0 Å². The number of anilines is 4. The van der Waals surface area contributed by atoms with Gasteiger partial charge in [0.05, 0.1) is 23.2 Å². The Balaban J connectivity index is 1.27. The van der Waals surface area contributed by atoms with Crippen molar-refractivity contribution in [1.29, 1.82) is 0 Å². The van der Waals surface area contributed by atoms with Crippen molar-refractivity contribution in [2.24, 2.45) is 0 Å². The van der Waals surface area contributed by atoms with E-state index >= 15 is 0 Å². The molecule has 4 heterocycles. The van der Waals surface area contributed by atoms with Crippen LogP contribution in [-0.2, 0) is 19.7 Å². The van der Waals surface area contributed by atoms with Gasteiger partial charge in [-0.1, -0.05) is 23.8 Å². The maximum absolute atomic E-state index is 14.2. The number of nitrogens with zero attached hydrogens (tertiary/aromatic N) is 6. The Bertz CT molecular complexity index is 2120. The number of fused-ring (bicyclic) bond motifs is 3. The van der Waals surface area contributed by atoms with E-state index in [1.54, 1.807) is 60.7 Å². The molecule has 2 amide bonds. The Kier molecular flexibility index (Phi) is 7.70. The first-order valence-electron chi connectivity index (χ1n) is 16.9. The van der Waals surface area contributed by atoms with Gasteiger partial charge in [-0.15, -0.1) is 5.10 Å². The second-order valence-electron chi connectivity index (χ2n) is 15.7. The number of nitrogens with one attached hydrogen (secondary N) is 1. The lowest BCUT2D eigenvalue weighted by molar-refractivity contribution is -0.120. The Hall–Kier alpha value is -5.14. The Labute approximate surface area is 294 Å². The second kappa shape index (κ2) is 11.4. The summed E-state index contributed by atoms with van der Waals surface area (Å²) >= 11 is 0. The molecule has 2 aromatic heterocycles. The summed E-state index contributed by atoms with van der Waals surface area (Å²) in [7, 11) is 0. The number of rotatable bonds is 4. The quantitative estimate of drug-likeness (QED) is 0.228. The van der Waals surface area contributed by atoms with E-state index in [4.69, 9.17) is 9.47 Å². The summed E-state index contributed by atoms with van der Waals surface area (Å²) in [6.07, 6.45) is 0.292. The van der Waals surface area contributed by atoms with Gasteiger partial charge in [0.1, 0.15) is 17.0 Å². The number of ether oxygens (including phenoxy) is 2. The van der Waals surface area contributed by atoms with E-state index in [2.05, 4.69) is 20.4 Å². The Morgan fingerprint density at radius 3 is 2.33 bits per heavy atom. The summed E-state index contributed by atoms with van der Waals surface area (Å²) in [4.78, 5) is 52.6. The number of aryl methyl sites for hydroxylation is 2. The molecular weight excluding hydrogens is 660 g/mol. The van der Waals surface area contributed by atoms with Crippen LogP contribution in [-0.4, -0.2) is 68.1 Å². The van der Waals surface area contributed by atoms with E-state index in [1.807, 2.05) is 37.3 Å². The molecule has 14 heteroatoms. The number of aromatic nitrogens is 4. The van der Waals surface area contributed by atoms with Crippen molar-refractivity contribution in [3.05, 3.63) is 64.8 Å². The minimum absolute atomic E-state index is 0.124. The molecule has 2 atom stereocenters.